The lowest BCUT2D eigenvalue weighted by Gasteiger charge is -2.13. The Bertz CT molecular complexity index is 1120. The number of anilines is 1. The van der Waals surface area contributed by atoms with Crippen molar-refractivity contribution in [3.63, 3.8) is 0 Å². The van der Waals surface area contributed by atoms with Gasteiger partial charge in [-0.05, 0) is 24.3 Å². The largest absolute Gasteiger partial charge is 0.280 e. The van der Waals surface area contributed by atoms with Crippen LogP contribution in [0.15, 0.2) is 78.9 Å². The molecule has 0 atom stereocenters. The zero-order valence-corrected chi connectivity index (χ0v) is 14.9. The summed E-state index contributed by atoms with van der Waals surface area (Å²) in [7, 11) is 0. The summed E-state index contributed by atoms with van der Waals surface area (Å²) in [6.45, 7) is 0. The number of carbonyl (C=O) groups is 1. The van der Waals surface area contributed by atoms with Crippen molar-refractivity contribution in [2.24, 2.45) is 0 Å². The van der Waals surface area contributed by atoms with Crippen molar-refractivity contribution in [1.29, 1.82) is 0 Å². The van der Waals surface area contributed by atoms with E-state index >= 15 is 0 Å². The lowest BCUT2D eigenvalue weighted by atomic mass is 10.1. The molecule has 0 aliphatic rings. The minimum absolute atomic E-state index is 0.352. The highest BCUT2D eigenvalue weighted by Crippen LogP contribution is 2.26. The summed E-state index contributed by atoms with van der Waals surface area (Å²) >= 11 is 6.09. The van der Waals surface area contributed by atoms with Crippen LogP contribution in [0, 0.1) is 0 Å². The quantitative estimate of drug-likeness (QED) is 0.508. The number of carbonyl (C=O) groups excluding carboxylic acids is 1. The molecule has 0 radical (unpaired) electrons. The Morgan fingerprint density at radius 1 is 0.778 bits per heavy atom. The van der Waals surface area contributed by atoms with Crippen LogP contribution in [0.25, 0.3) is 22.3 Å². The number of hydrazine groups is 1. The molecule has 6 heteroatoms. The lowest BCUT2D eigenvalue weighted by Crippen LogP contribution is -2.30. The molecule has 0 saturated heterocycles. The molecule has 1 amide bonds. The van der Waals surface area contributed by atoms with Gasteiger partial charge >= 0.3 is 0 Å². The van der Waals surface area contributed by atoms with E-state index in [1.807, 2.05) is 54.6 Å². The molecule has 27 heavy (non-hydrogen) atoms. The van der Waals surface area contributed by atoms with Crippen molar-refractivity contribution in [2.75, 3.05) is 5.43 Å². The molecule has 0 bridgehead atoms. The van der Waals surface area contributed by atoms with Crippen LogP contribution in [0.2, 0.25) is 5.02 Å². The van der Waals surface area contributed by atoms with E-state index in [0.717, 1.165) is 16.6 Å². The van der Waals surface area contributed by atoms with Crippen molar-refractivity contribution < 1.29 is 4.79 Å². The Labute approximate surface area is 161 Å². The topological polar surface area (TPSA) is 66.9 Å². The van der Waals surface area contributed by atoms with E-state index in [-0.39, 0.29) is 5.91 Å². The number of aromatic nitrogens is 2. The lowest BCUT2D eigenvalue weighted by molar-refractivity contribution is 0.0962. The van der Waals surface area contributed by atoms with Crippen molar-refractivity contribution >= 4 is 34.4 Å². The molecule has 0 aliphatic carbocycles. The average molecular weight is 375 g/mol. The van der Waals surface area contributed by atoms with Crippen LogP contribution in [-0.2, 0) is 0 Å². The molecule has 0 unspecified atom stereocenters. The molecule has 0 saturated carbocycles. The molecule has 1 aromatic heterocycles. The van der Waals surface area contributed by atoms with Gasteiger partial charge < -0.3 is 0 Å². The van der Waals surface area contributed by atoms with E-state index in [9.17, 15) is 4.79 Å². The number of hydrogen-bond acceptors (Lipinski definition) is 4. The predicted molar refractivity (Wildman–Crippen MR) is 108 cm³/mol. The molecule has 1 heterocycles. The summed E-state index contributed by atoms with van der Waals surface area (Å²) in [5, 5.41) is 0.379. The molecule has 3 aromatic carbocycles. The van der Waals surface area contributed by atoms with Gasteiger partial charge in [0, 0.05) is 5.56 Å². The van der Waals surface area contributed by atoms with Crippen LogP contribution in [0.1, 0.15) is 10.4 Å². The van der Waals surface area contributed by atoms with Gasteiger partial charge in [-0.15, -0.1) is 0 Å². The number of rotatable bonds is 4. The third-order valence-corrected chi connectivity index (χ3v) is 4.36. The minimum Gasteiger partial charge on any atom is -0.280 e. The normalized spacial score (nSPS) is 10.6. The van der Waals surface area contributed by atoms with Gasteiger partial charge in [0.05, 0.1) is 21.6 Å². The van der Waals surface area contributed by atoms with Gasteiger partial charge in [-0.3, -0.25) is 15.6 Å². The van der Waals surface area contributed by atoms with Crippen LogP contribution >= 0.6 is 11.6 Å². The van der Waals surface area contributed by atoms with Crippen LogP contribution in [0.4, 0.5) is 5.82 Å². The zero-order chi connectivity index (χ0) is 18.6. The number of halogens is 1. The van der Waals surface area contributed by atoms with Gasteiger partial charge in [0.25, 0.3) is 5.91 Å². The fourth-order valence-electron chi connectivity index (χ4n) is 2.71. The third-order valence-electron chi connectivity index (χ3n) is 4.03. The second-order valence-electron chi connectivity index (χ2n) is 5.83. The van der Waals surface area contributed by atoms with Crippen LogP contribution in [-0.4, -0.2) is 15.9 Å². The van der Waals surface area contributed by atoms with Crippen LogP contribution in [0.5, 0.6) is 0 Å². The second kappa shape index (κ2) is 7.43. The summed E-state index contributed by atoms with van der Waals surface area (Å²) in [5.74, 6) is 0.106. The monoisotopic (exact) mass is 374 g/mol. The molecular weight excluding hydrogens is 360 g/mol. The summed E-state index contributed by atoms with van der Waals surface area (Å²) in [5.41, 5.74) is 8.98. The molecule has 2 N–H and O–H groups in total. The molecule has 132 valence electrons. The van der Waals surface area contributed by atoms with E-state index in [1.165, 1.54) is 0 Å². The van der Waals surface area contributed by atoms with E-state index in [4.69, 9.17) is 16.6 Å². The molecule has 0 fully saturated rings. The molecule has 0 aliphatic heterocycles. The fourth-order valence-corrected chi connectivity index (χ4v) is 2.93. The molecule has 4 aromatic rings. The first-order valence-corrected chi connectivity index (χ1v) is 8.73. The smallest absolute Gasteiger partial charge is 0.271 e. The number of fused-ring (bicyclic) bond motifs is 1. The van der Waals surface area contributed by atoms with Gasteiger partial charge in [0.1, 0.15) is 5.69 Å². The van der Waals surface area contributed by atoms with Crippen LogP contribution in [0.3, 0.4) is 0 Å². The number of para-hydroxylation sites is 2. The van der Waals surface area contributed by atoms with Gasteiger partial charge in [-0.2, -0.15) is 0 Å². The summed E-state index contributed by atoms with van der Waals surface area (Å²) in [6, 6.07) is 24.1. The number of amides is 1. The van der Waals surface area contributed by atoms with Crippen molar-refractivity contribution in [2.45, 2.75) is 0 Å². The standard InChI is InChI=1S/C21H15ClN4O/c22-16-11-5-4-10-15(16)21(27)26-25-20-19(14-8-2-1-3-9-14)23-17-12-6-7-13-18(17)24-20/h1-13H,(H,24,25)(H,26,27). The maximum Gasteiger partial charge on any atom is 0.271 e. The maximum atomic E-state index is 12.4. The third kappa shape index (κ3) is 3.59. The SMILES string of the molecule is O=C(NNc1nc2ccccc2nc1-c1ccccc1)c1ccccc1Cl. The highest BCUT2D eigenvalue weighted by atomic mass is 35.5. The Kier molecular flexibility index (Phi) is 4.68. The highest BCUT2D eigenvalue weighted by Gasteiger charge is 2.13. The van der Waals surface area contributed by atoms with Crippen LogP contribution < -0.4 is 10.9 Å². The Hall–Kier alpha value is -3.44. The maximum absolute atomic E-state index is 12.4. The number of benzene rings is 3. The first-order chi connectivity index (χ1) is 13.2. The first-order valence-electron chi connectivity index (χ1n) is 8.35. The Morgan fingerprint density at radius 2 is 1.41 bits per heavy atom. The average Bonchev–Trinajstić information content (AvgIpc) is 2.72. The molecule has 0 spiro atoms. The zero-order valence-electron chi connectivity index (χ0n) is 14.2. The minimum atomic E-state index is -0.352. The number of nitrogens with zero attached hydrogens (tertiary/aromatic N) is 2. The fraction of sp³-hybridized carbons (Fsp3) is 0. The number of hydrogen-bond donors (Lipinski definition) is 2. The molecular formula is C21H15ClN4O. The second-order valence-corrected chi connectivity index (χ2v) is 6.24. The van der Waals surface area contributed by atoms with E-state index in [1.54, 1.807) is 24.3 Å². The predicted octanol–water partition coefficient (Wildman–Crippen LogP) is 4.71. The Morgan fingerprint density at radius 3 is 2.15 bits per heavy atom. The van der Waals surface area contributed by atoms with Gasteiger partial charge in [-0.25, -0.2) is 9.97 Å². The highest BCUT2D eigenvalue weighted by molar-refractivity contribution is 6.33. The summed E-state index contributed by atoms with van der Waals surface area (Å²) in [6.07, 6.45) is 0. The summed E-state index contributed by atoms with van der Waals surface area (Å²) in [4.78, 5) is 21.8. The van der Waals surface area contributed by atoms with E-state index < -0.39 is 0 Å². The van der Waals surface area contributed by atoms with Crippen molar-refractivity contribution in [3.8, 4) is 11.3 Å². The summed E-state index contributed by atoms with van der Waals surface area (Å²) < 4.78 is 0. The van der Waals surface area contributed by atoms with Crippen molar-refractivity contribution in [3.05, 3.63) is 89.4 Å². The molecule has 4 rings (SSSR count). The molecule has 5 nitrogen and oxygen atoms in total. The van der Waals surface area contributed by atoms with E-state index in [2.05, 4.69) is 15.8 Å². The number of nitrogens with one attached hydrogen (secondary N) is 2. The van der Waals surface area contributed by atoms with Gasteiger partial charge in [-0.1, -0.05) is 66.2 Å². The van der Waals surface area contributed by atoms with Gasteiger partial charge in [0.2, 0.25) is 0 Å². The Balaban J connectivity index is 1.70. The van der Waals surface area contributed by atoms with Crippen molar-refractivity contribution in [1.82, 2.24) is 15.4 Å². The first kappa shape index (κ1) is 17.0. The van der Waals surface area contributed by atoms with E-state index in [0.29, 0.717) is 22.1 Å². The van der Waals surface area contributed by atoms with Gasteiger partial charge in [0.15, 0.2) is 5.82 Å².